The molecule has 0 radical (unpaired) electrons. The van der Waals surface area contributed by atoms with Gasteiger partial charge in [-0.3, -0.25) is 0 Å². The minimum atomic E-state index is -0.417. The fourth-order valence-electron chi connectivity index (χ4n) is 3.08. The summed E-state index contributed by atoms with van der Waals surface area (Å²) in [6, 6.07) is 5.77. The van der Waals surface area contributed by atoms with Crippen molar-refractivity contribution in [3.05, 3.63) is 29.3 Å². The Labute approximate surface area is 199 Å². The van der Waals surface area contributed by atoms with Crippen LogP contribution in [0.4, 0.5) is 0 Å². The largest absolute Gasteiger partial charge is 0.496 e. The zero-order chi connectivity index (χ0) is 21.6. The number of hydrogen-bond donors (Lipinski definition) is 2. The molecule has 0 saturated heterocycles. The molecular formula is C22H39IN4O3. The third kappa shape index (κ3) is 9.97. The molecule has 0 bridgehead atoms. The van der Waals surface area contributed by atoms with Crippen molar-refractivity contribution in [1.82, 2.24) is 15.5 Å². The Kier molecular flexibility index (Phi) is 15.3. The van der Waals surface area contributed by atoms with Gasteiger partial charge in [-0.2, -0.15) is 0 Å². The minimum Gasteiger partial charge on any atom is -0.496 e. The summed E-state index contributed by atoms with van der Waals surface area (Å²) in [7, 11) is 2.90. The molecule has 0 aliphatic heterocycles. The maximum atomic E-state index is 12.0. The highest BCUT2D eigenvalue weighted by Gasteiger charge is 2.13. The van der Waals surface area contributed by atoms with E-state index < -0.39 is 5.97 Å². The number of guanidine groups is 1. The van der Waals surface area contributed by atoms with Crippen LogP contribution in [0.3, 0.4) is 0 Å². The van der Waals surface area contributed by atoms with Gasteiger partial charge in [-0.1, -0.05) is 19.9 Å². The molecule has 1 aromatic rings. The van der Waals surface area contributed by atoms with Crippen LogP contribution in [-0.4, -0.2) is 63.3 Å². The van der Waals surface area contributed by atoms with Crippen molar-refractivity contribution >= 4 is 35.9 Å². The minimum absolute atomic E-state index is 0. The van der Waals surface area contributed by atoms with Gasteiger partial charge in [0, 0.05) is 12.6 Å². The molecule has 0 aromatic heterocycles. The molecule has 1 aromatic carbocycles. The molecule has 172 valence electrons. The molecule has 30 heavy (non-hydrogen) atoms. The Morgan fingerprint density at radius 2 is 1.90 bits per heavy atom. The van der Waals surface area contributed by atoms with Gasteiger partial charge in [0.25, 0.3) is 0 Å². The average molecular weight is 534 g/mol. The van der Waals surface area contributed by atoms with E-state index in [0.29, 0.717) is 23.9 Å². The summed E-state index contributed by atoms with van der Waals surface area (Å²) in [5, 5.41) is 6.76. The van der Waals surface area contributed by atoms with Crippen molar-refractivity contribution < 1.29 is 14.3 Å². The van der Waals surface area contributed by atoms with Crippen LogP contribution >= 0.6 is 24.0 Å². The van der Waals surface area contributed by atoms with Crippen molar-refractivity contribution in [2.75, 3.05) is 40.4 Å². The first-order chi connectivity index (χ1) is 14.0. The van der Waals surface area contributed by atoms with Crippen molar-refractivity contribution in [2.24, 2.45) is 4.99 Å². The summed E-state index contributed by atoms with van der Waals surface area (Å²) in [5.74, 6) is 0.856. The van der Waals surface area contributed by atoms with Gasteiger partial charge in [0.05, 0.1) is 20.8 Å². The van der Waals surface area contributed by atoms with Gasteiger partial charge in [0.1, 0.15) is 11.3 Å². The van der Waals surface area contributed by atoms with Crippen LogP contribution in [0.1, 0.15) is 56.5 Å². The molecule has 0 amide bonds. The monoisotopic (exact) mass is 534 g/mol. The molecule has 7 nitrogen and oxygen atoms in total. The molecule has 0 spiro atoms. The molecule has 0 aliphatic carbocycles. The average Bonchev–Trinajstić information content (AvgIpc) is 2.74. The van der Waals surface area contributed by atoms with Crippen LogP contribution in [0, 0.1) is 0 Å². The van der Waals surface area contributed by atoms with E-state index in [-0.39, 0.29) is 24.0 Å². The van der Waals surface area contributed by atoms with Crippen LogP contribution in [0.25, 0.3) is 0 Å². The summed E-state index contributed by atoms with van der Waals surface area (Å²) in [4.78, 5) is 19.1. The van der Waals surface area contributed by atoms with Gasteiger partial charge in [0.2, 0.25) is 0 Å². The Morgan fingerprint density at radius 1 is 1.20 bits per heavy atom. The van der Waals surface area contributed by atoms with Gasteiger partial charge in [-0.15, -0.1) is 24.0 Å². The molecule has 2 N–H and O–H groups in total. The molecule has 1 atom stereocenters. The number of methoxy groups -OCH3 is 2. The number of carbonyl (C=O) groups excluding carboxylic acids is 1. The number of esters is 1. The highest BCUT2D eigenvalue weighted by atomic mass is 127. The summed E-state index contributed by atoms with van der Waals surface area (Å²) < 4.78 is 10.1. The van der Waals surface area contributed by atoms with Gasteiger partial charge < -0.3 is 25.0 Å². The lowest BCUT2D eigenvalue weighted by Crippen LogP contribution is -2.42. The van der Waals surface area contributed by atoms with E-state index in [0.717, 1.165) is 50.5 Å². The van der Waals surface area contributed by atoms with Crippen molar-refractivity contribution in [2.45, 2.75) is 53.1 Å². The smallest absolute Gasteiger partial charge is 0.341 e. The van der Waals surface area contributed by atoms with Gasteiger partial charge in [0.15, 0.2) is 5.96 Å². The first-order valence-electron chi connectivity index (χ1n) is 10.5. The Bertz CT molecular complexity index is 651. The predicted molar refractivity (Wildman–Crippen MR) is 134 cm³/mol. The van der Waals surface area contributed by atoms with Crippen molar-refractivity contribution in [3.8, 4) is 5.75 Å². The highest BCUT2D eigenvalue weighted by Crippen LogP contribution is 2.21. The Balaban J connectivity index is 0.00000841. The van der Waals surface area contributed by atoms with E-state index in [1.165, 1.54) is 14.2 Å². The molecule has 1 rings (SSSR count). The fraction of sp³-hybridized carbons (Fsp3) is 0.636. The number of ether oxygens (including phenoxy) is 2. The lowest BCUT2D eigenvalue weighted by atomic mass is 10.1. The number of halogens is 1. The Hall–Kier alpha value is -1.55. The molecule has 0 fully saturated rings. The molecule has 1 unspecified atom stereocenters. The standard InChI is InChI=1S/C22H38N4O3.HI/c1-7-23-22(25-17(4)11-10-14-26(8-2)9-3)24-16-18-12-13-20(28-5)19(15-18)21(27)29-6;/h12-13,15,17H,7-11,14,16H2,1-6H3,(H2,23,24,25);1H. The van der Waals surface area contributed by atoms with Crippen LogP contribution in [0.2, 0.25) is 0 Å². The fourth-order valence-corrected chi connectivity index (χ4v) is 3.08. The van der Waals surface area contributed by atoms with E-state index in [2.05, 4.69) is 41.3 Å². The summed E-state index contributed by atoms with van der Waals surface area (Å²) in [6.45, 7) is 13.2. The van der Waals surface area contributed by atoms with Crippen molar-refractivity contribution in [1.29, 1.82) is 0 Å². The predicted octanol–water partition coefficient (Wildman–Crippen LogP) is 3.67. The lowest BCUT2D eigenvalue weighted by Gasteiger charge is -2.21. The maximum absolute atomic E-state index is 12.0. The number of carbonyl (C=O) groups is 1. The molecule has 8 heteroatoms. The summed E-state index contributed by atoms with van der Waals surface area (Å²) in [6.07, 6.45) is 2.23. The first kappa shape index (κ1) is 28.5. The zero-order valence-electron chi connectivity index (χ0n) is 19.3. The van der Waals surface area contributed by atoms with E-state index in [1.807, 2.05) is 13.0 Å². The van der Waals surface area contributed by atoms with Gasteiger partial charge in [-0.25, -0.2) is 9.79 Å². The molecule has 0 aliphatic rings. The summed E-state index contributed by atoms with van der Waals surface area (Å²) in [5.41, 5.74) is 1.32. The second-order valence-electron chi connectivity index (χ2n) is 6.94. The summed E-state index contributed by atoms with van der Waals surface area (Å²) >= 11 is 0. The van der Waals surface area contributed by atoms with Crippen LogP contribution in [0.5, 0.6) is 5.75 Å². The highest BCUT2D eigenvalue weighted by molar-refractivity contribution is 14.0. The van der Waals surface area contributed by atoms with Crippen molar-refractivity contribution in [3.63, 3.8) is 0 Å². The first-order valence-corrected chi connectivity index (χ1v) is 10.5. The lowest BCUT2D eigenvalue weighted by molar-refractivity contribution is 0.0597. The molecule has 0 heterocycles. The number of nitrogens with zero attached hydrogens (tertiary/aromatic N) is 2. The Morgan fingerprint density at radius 3 is 2.47 bits per heavy atom. The van der Waals surface area contributed by atoms with E-state index in [4.69, 9.17) is 9.47 Å². The topological polar surface area (TPSA) is 75.2 Å². The SMILES string of the molecule is CCNC(=NCc1ccc(OC)c(C(=O)OC)c1)NC(C)CCCN(CC)CC.I. The van der Waals surface area contributed by atoms with Crippen LogP contribution < -0.4 is 15.4 Å². The second-order valence-corrected chi connectivity index (χ2v) is 6.94. The number of hydrogen-bond acceptors (Lipinski definition) is 5. The number of aliphatic imine (C=N–C) groups is 1. The van der Waals surface area contributed by atoms with E-state index in [1.54, 1.807) is 12.1 Å². The van der Waals surface area contributed by atoms with Gasteiger partial charge in [-0.05, 0) is 64.0 Å². The zero-order valence-corrected chi connectivity index (χ0v) is 21.6. The van der Waals surface area contributed by atoms with Gasteiger partial charge >= 0.3 is 5.97 Å². The van der Waals surface area contributed by atoms with E-state index >= 15 is 0 Å². The van der Waals surface area contributed by atoms with Crippen LogP contribution in [0.15, 0.2) is 23.2 Å². The van der Waals surface area contributed by atoms with Crippen LogP contribution in [-0.2, 0) is 11.3 Å². The number of nitrogens with one attached hydrogen (secondary N) is 2. The third-order valence-corrected chi connectivity index (χ3v) is 4.82. The molecular weight excluding hydrogens is 495 g/mol. The van der Waals surface area contributed by atoms with E-state index in [9.17, 15) is 4.79 Å². The number of rotatable bonds is 12. The maximum Gasteiger partial charge on any atom is 0.341 e. The quantitative estimate of drug-likeness (QED) is 0.185. The second kappa shape index (κ2) is 16.2. The number of benzene rings is 1. The molecule has 0 saturated carbocycles. The third-order valence-electron chi connectivity index (χ3n) is 4.82. The normalized spacial score (nSPS) is 12.2.